The molecule has 400 valence electrons. The van der Waals surface area contributed by atoms with Gasteiger partial charge in [0.05, 0.1) is 0 Å². The summed E-state index contributed by atoms with van der Waals surface area (Å²) in [5, 5.41) is 2.12. The summed E-state index contributed by atoms with van der Waals surface area (Å²) in [7, 11) is 0. The number of rotatable bonds is 7. The first-order valence-electron chi connectivity index (χ1n) is 29.8. The summed E-state index contributed by atoms with van der Waals surface area (Å²) in [6, 6.07) is 54.8. The molecule has 0 atom stereocenters. The number of aromatic nitrogens is 4. The Labute approximate surface area is 484 Å². The SMILES string of the molecule is [2H]c1c([2H])c([2H])c(-c2cc(C(C)(C)C)cc(-c3cc(C(C)(C)C)cc(C(C)(C)C)c3)c2-n2[c](=[Pt])n3c4c(cccc42)CCN(c2ccccc2)c2ccc(Oc4[c-]c5c(cc4)c4ccccc4n5-c4cc(C(C)(C)C)ccn4)[c-]c2-3)c([2H])c1[2H]. The third-order valence-electron chi connectivity index (χ3n) is 15.5. The van der Waals surface area contributed by atoms with Gasteiger partial charge in [-0.1, -0.05) is 32.9 Å². The summed E-state index contributed by atoms with van der Waals surface area (Å²) in [6.45, 7) is 27.2. The average molecular weight is 1220 g/mol. The zero-order chi connectivity index (χ0) is 59.7. The van der Waals surface area contributed by atoms with Gasteiger partial charge in [-0.05, 0) is 17.0 Å². The van der Waals surface area contributed by atoms with Crippen LogP contribution in [0.1, 0.15) is 118 Å². The van der Waals surface area contributed by atoms with Gasteiger partial charge in [0.2, 0.25) is 0 Å². The number of nitrogens with zero attached hydrogens (tertiary/aromatic N) is 5. The van der Waals surface area contributed by atoms with Crippen molar-refractivity contribution in [2.75, 3.05) is 11.4 Å². The van der Waals surface area contributed by atoms with Crippen LogP contribution in [0.3, 0.4) is 0 Å². The Morgan fingerprint density at radius 2 is 1.16 bits per heavy atom. The molecular formula is C72H69N5OPt-2. The normalized spacial score (nSPS) is 14.2. The second-order valence-electron chi connectivity index (χ2n) is 25.2. The van der Waals surface area contributed by atoms with Crippen molar-refractivity contribution in [2.24, 2.45) is 0 Å². The van der Waals surface area contributed by atoms with E-state index in [1.165, 1.54) is 5.56 Å². The first-order valence-corrected chi connectivity index (χ1v) is 28.5. The van der Waals surface area contributed by atoms with Crippen LogP contribution >= 0.6 is 0 Å². The molecule has 0 N–H and O–H groups in total. The van der Waals surface area contributed by atoms with Gasteiger partial charge in [-0.25, -0.2) is 0 Å². The molecule has 79 heavy (non-hydrogen) atoms. The maximum absolute atomic E-state index is 9.68. The maximum atomic E-state index is 9.68. The van der Waals surface area contributed by atoms with Crippen LogP contribution in [0, 0.1) is 15.9 Å². The molecule has 12 rings (SSSR count). The quantitative estimate of drug-likeness (QED) is 0.149. The molecular weight excluding hydrogens is 1150 g/mol. The molecule has 0 amide bonds. The minimum absolute atomic E-state index is 0.0896. The summed E-state index contributed by atoms with van der Waals surface area (Å²) in [5.41, 5.74) is 14.2. The number of fused-ring (bicyclic) bond motifs is 5. The number of hydrogen-bond donors (Lipinski definition) is 0. The standard InChI is InChI=1S/C72H69N5O.Pt/c1-69(2,3)50-34-36-73-66(43-50)77-61-28-20-19-27-57(61)58-32-30-55(44-64(58)77)78-56-31-33-62-65(45-56)76-46-75(63-29-21-24-48(67(63)76)35-37-74(62)54-25-17-14-18-26-54)68-59(47-22-15-13-16-23-47)41-53(72(10,11)12)42-60(68)49-38-51(70(4,5)6)40-52(39-49)71(7,8)9;/h13-34,36,38-43H,35,37H2,1-12H3;/q-2;/i13D,15D,16D,22D,23D;. The van der Waals surface area contributed by atoms with Gasteiger partial charge in [0.1, 0.15) is 0 Å². The summed E-state index contributed by atoms with van der Waals surface area (Å²) in [6.07, 6.45) is 2.57. The van der Waals surface area contributed by atoms with E-state index < -0.39 is 11.5 Å². The monoisotopic (exact) mass is 1220 g/mol. The molecule has 3 aromatic heterocycles. The average Bonchev–Trinajstić information content (AvgIpc) is 2.50. The summed E-state index contributed by atoms with van der Waals surface area (Å²) >= 11 is 2.44. The molecule has 7 heteroatoms. The van der Waals surface area contributed by atoms with Crippen LogP contribution in [-0.4, -0.2) is 25.2 Å². The molecule has 6 nitrogen and oxygen atoms in total. The Bertz CT molecular complexity index is 4480. The molecule has 0 spiro atoms. The zero-order valence-electron chi connectivity index (χ0n) is 52.2. The second-order valence-corrected chi connectivity index (χ2v) is 26.2. The van der Waals surface area contributed by atoms with Crippen LogP contribution in [-0.2, 0) is 47.4 Å². The number of para-hydroxylation sites is 3. The molecule has 0 saturated carbocycles. The van der Waals surface area contributed by atoms with E-state index in [1.807, 2.05) is 24.4 Å². The summed E-state index contributed by atoms with van der Waals surface area (Å²) in [4.78, 5) is 7.27. The molecule has 0 saturated heterocycles. The van der Waals surface area contributed by atoms with E-state index in [-0.39, 0.29) is 46.0 Å². The van der Waals surface area contributed by atoms with E-state index in [0.29, 0.717) is 35.7 Å². The van der Waals surface area contributed by atoms with E-state index in [0.717, 1.165) is 92.9 Å². The van der Waals surface area contributed by atoms with Crippen LogP contribution < -0.4 is 9.64 Å². The Morgan fingerprint density at radius 1 is 0.544 bits per heavy atom. The predicted molar refractivity (Wildman–Crippen MR) is 325 cm³/mol. The van der Waals surface area contributed by atoms with Crippen molar-refractivity contribution < 1.29 is 30.9 Å². The Morgan fingerprint density at radius 3 is 1.86 bits per heavy atom. The van der Waals surface area contributed by atoms with Gasteiger partial charge in [-0.3, -0.25) is 0 Å². The molecule has 0 aliphatic carbocycles. The van der Waals surface area contributed by atoms with Crippen LogP contribution in [0.15, 0.2) is 176 Å². The number of anilines is 2. The molecule has 0 bridgehead atoms. The number of pyridine rings is 1. The van der Waals surface area contributed by atoms with Gasteiger partial charge >= 0.3 is 431 Å². The van der Waals surface area contributed by atoms with Crippen molar-refractivity contribution in [2.45, 2.75) is 111 Å². The number of imidazole rings is 1. The van der Waals surface area contributed by atoms with E-state index in [9.17, 15) is 2.74 Å². The zero-order valence-corrected chi connectivity index (χ0v) is 49.5. The fourth-order valence-corrected chi connectivity index (χ4v) is 12.1. The van der Waals surface area contributed by atoms with Gasteiger partial charge in [-0.2, -0.15) is 0 Å². The van der Waals surface area contributed by atoms with Gasteiger partial charge in [0.25, 0.3) is 0 Å². The number of hydrogen-bond acceptors (Lipinski definition) is 3. The van der Waals surface area contributed by atoms with Crippen molar-refractivity contribution in [3.05, 3.63) is 220 Å². The fourth-order valence-electron chi connectivity index (χ4n) is 11.1. The van der Waals surface area contributed by atoms with Crippen molar-refractivity contribution in [3.8, 4) is 50.9 Å². The topological polar surface area (TPSA) is 40.1 Å². The van der Waals surface area contributed by atoms with Crippen molar-refractivity contribution >= 4 is 44.2 Å². The Hall–Kier alpha value is -7.53. The number of ether oxygens (including phenoxy) is 1. The minimum atomic E-state index is -0.437. The van der Waals surface area contributed by atoms with Gasteiger partial charge in [0, 0.05) is 6.20 Å². The van der Waals surface area contributed by atoms with Crippen molar-refractivity contribution in [1.29, 1.82) is 0 Å². The van der Waals surface area contributed by atoms with E-state index >= 15 is 0 Å². The molecule has 1 aliphatic heterocycles. The Kier molecular flexibility index (Phi) is 11.4. The van der Waals surface area contributed by atoms with Gasteiger partial charge in [-0.15, -0.1) is 0 Å². The molecule has 0 unspecified atom stereocenters. The third-order valence-corrected chi connectivity index (χ3v) is 16.5. The van der Waals surface area contributed by atoms with Crippen LogP contribution in [0.5, 0.6) is 11.5 Å². The van der Waals surface area contributed by atoms with Gasteiger partial charge in [0.15, 0.2) is 0 Å². The molecule has 4 heterocycles. The molecule has 0 radical (unpaired) electrons. The van der Waals surface area contributed by atoms with Crippen LogP contribution in [0.4, 0.5) is 11.4 Å². The first kappa shape index (κ1) is 46.4. The van der Waals surface area contributed by atoms with Crippen molar-refractivity contribution in [1.82, 2.24) is 18.7 Å². The third kappa shape index (κ3) is 9.50. The predicted octanol–water partition coefficient (Wildman–Crippen LogP) is 18.6. The number of benzene rings is 8. The molecule has 8 aromatic carbocycles. The van der Waals surface area contributed by atoms with Crippen LogP contribution in [0.2, 0.25) is 0 Å². The van der Waals surface area contributed by atoms with E-state index in [4.69, 9.17) is 13.8 Å². The van der Waals surface area contributed by atoms with Crippen LogP contribution in [0.25, 0.3) is 72.3 Å². The second kappa shape index (κ2) is 19.4. The fraction of sp³-hybridized carbons (Fsp3) is 0.250. The molecule has 11 aromatic rings. The molecule has 0 fully saturated rings. The summed E-state index contributed by atoms with van der Waals surface area (Å²) in [5.74, 6) is 1.80. The van der Waals surface area contributed by atoms with E-state index in [2.05, 4.69) is 254 Å². The Balaban J connectivity index is 1.16. The van der Waals surface area contributed by atoms with Gasteiger partial charge < -0.3 is 0 Å². The summed E-state index contributed by atoms with van der Waals surface area (Å²) < 4.78 is 60.8. The molecule has 1 aliphatic rings. The van der Waals surface area contributed by atoms with E-state index in [1.54, 1.807) is 0 Å². The van der Waals surface area contributed by atoms with Crippen molar-refractivity contribution in [3.63, 3.8) is 0 Å². The first-order chi connectivity index (χ1) is 39.7.